The molecule has 0 unspecified atom stereocenters. The number of halogens is 1. The Morgan fingerprint density at radius 2 is 2.33 bits per heavy atom. The summed E-state index contributed by atoms with van der Waals surface area (Å²) < 4.78 is 7.35. The minimum Gasteiger partial charge on any atom is -0.454 e. The number of hydrogen-bond donors (Lipinski definition) is 1. The molecule has 2 aromatic rings. The fourth-order valence-electron chi connectivity index (χ4n) is 4.46. The van der Waals surface area contributed by atoms with E-state index in [0.717, 1.165) is 11.8 Å². The number of aromatic nitrogens is 2. The molecule has 4 atom stereocenters. The summed E-state index contributed by atoms with van der Waals surface area (Å²) >= 11 is 5.85. The minimum atomic E-state index is -0.130. The first-order valence-corrected chi connectivity index (χ1v) is 9.04. The van der Waals surface area contributed by atoms with Crippen LogP contribution in [0.4, 0.5) is 0 Å². The van der Waals surface area contributed by atoms with Gasteiger partial charge in [-0.25, -0.2) is 0 Å². The third kappa shape index (κ3) is 3.09. The average molecular weight is 348 g/mol. The highest BCUT2D eigenvalue weighted by atomic mass is 35.5. The van der Waals surface area contributed by atoms with Crippen molar-refractivity contribution in [3.8, 4) is 0 Å². The molecule has 2 bridgehead atoms. The molecule has 2 aliphatic carbocycles. The maximum atomic E-state index is 12.4. The first-order valence-electron chi connectivity index (χ1n) is 8.66. The van der Waals surface area contributed by atoms with Gasteiger partial charge in [-0.2, -0.15) is 5.10 Å². The van der Waals surface area contributed by atoms with Crippen LogP contribution in [0.1, 0.15) is 48.9 Å². The Hall–Kier alpha value is -1.75. The van der Waals surface area contributed by atoms with E-state index >= 15 is 0 Å². The van der Waals surface area contributed by atoms with Crippen LogP contribution < -0.4 is 5.32 Å². The lowest BCUT2D eigenvalue weighted by molar-refractivity contribution is 0.0885. The van der Waals surface area contributed by atoms with Crippen molar-refractivity contribution in [3.63, 3.8) is 0 Å². The van der Waals surface area contributed by atoms with Crippen LogP contribution in [0.15, 0.2) is 28.9 Å². The molecule has 1 amide bonds. The molecule has 0 spiro atoms. The fourth-order valence-corrected chi connectivity index (χ4v) is 4.62. The third-order valence-electron chi connectivity index (χ3n) is 5.60. The molecule has 24 heavy (non-hydrogen) atoms. The van der Waals surface area contributed by atoms with Gasteiger partial charge in [0, 0.05) is 12.2 Å². The number of nitrogens with zero attached hydrogens (tertiary/aromatic N) is 2. The molecule has 6 heteroatoms. The highest BCUT2D eigenvalue weighted by Crippen LogP contribution is 2.49. The molecular weight excluding hydrogens is 326 g/mol. The zero-order valence-corrected chi connectivity index (χ0v) is 14.5. The Morgan fingerprint density at radius 3 is 3.00 bits per heavy atom. The normalized spacial score (nSPS) is 26.7. The van der Waals surface area contributed by atoms with Crippen LogP contribution in [-0.4, -0.2) is 21.7 Å². The van der Waals surface area contributed by atoms with Gasteiger partial charge in [0.1, 0.15) is 5.76 Å². The van der Waals surface area contributed by atoms with E-state index in [0.29, 0.717) is 29.0 Å². The summed E-state index contributed by atoms with van der Waals surface area (Å²) in [7, 11) is 0. The number of rotatable bonds is 5. The highest BCUT2D eigenvalue weighted by Gasteiger charge is 2.42. The SMILES string of the molecule is C[C@H](NC(=O)c1ccc(Cn2cc(Cl)cn2)o1)[C@@H]1C[C@H]2CC[C@H]1C2. The van der Waals surface area contributed by atoms with Gasteiger partial charge in [-0.1, -0.05) is 18.0 Å². The standard InChI is InChI=1S/C18H22ClN3O2/c1-11(16-7-12-2-3-13(16)6-12)21-18(23)17-5-4-15(24-17)10-22-9-14(19)8-20-22/h4-5,8-9,11-13,16H,2-3,6-7,10H2,1H3,(H,21,23)/t11-,12-,13-,16-/m0/s1. The first kappa shape index (κ1) is 15.8. The van der Waals surface area contributed by atoms with Gasteiger partial charge in [-0.15, -0.1) is 0 Å². The quantitative estimate of drug-likeness (QED) is 0.896. The Bertz CT molecular complexity index is 738. The van der Waals surface area contributed by atoms with E-state index in [1.54, 1.807) is 23.1 Å². The average Bonchev–Trinajstić information content (AvgIpc) is 3.31. The summed E-state index contributed by atoms with van der Waals surface area (Å²) in [5.41, 5.74) is 0. The summed E-state index contributed by atoms with van der Waals surface area (Å²) in [6.45, 7) is 2.58. The third-order valence-corrected chi connectivity index (χ3v) is 5.79. The second-order valence-electron chi connectivity index (χ2n) is 7.22. The van der Waals surface area contributed by atoms with Gasteiger partial charge in [0.25, 0.3) is 5.91 Å². The predicted octanol–water partition coefficient (Wildman–Crippen LogP) is 3.73. The van der Waals surface area contributed by atoms with Crippen LogP contribution in [0.2, 0.25) is 5.02 Å². The number of furan rings is 1. The monoisotopic (exact) mass is 347 g/mol. The number of carbonyl (C=O) groups excluding carboxylic acids is 1. The van der Waals surface area contributed by atoms with Crippen LogP contribution in [0.5, 0.6) is 0 Å². The lowest BCUT2D eigenvalue weighted by Gasteiger charge is -2.28. The molecule has 2 aliphatic rings. The zero-order chi connectivity index (χ0) is 16.7. The van der Waals surface area contributed by atoms with Crippen LogP contribution in [-0.2, 0) is 6.54 Å². The summed E-state index contributed by atoms with van der Waals surface area (Å²) in [6.07, 6.45) is 8.61. The molecule has 0 radical (unpaired) electrons. The van der Waals surface area contributed by atoms with Crippen molar-refractivity contribution in [3.05, 3.63) is 41.1 Å². The van der Waals surface area contributed by atoms with Crippen LogP contribution in [0.3, 0.4) is 0 Å². The Labute approximate surface area is 146 Å². The van der Waals surface area contributed by atoms with E-state index in [1.807, 2.05) is 6.07 Å². The van der Waals surface area contributed by atoms with E-state index in [9.17, 15) is 4.79 Å². The first-order chi connectivity index (χ1) is 11.6. The van der Waals surface area contributed by atoms with Gasteiger partial charge in [-0.05, 0) is 56.1 Å². The van der Waals surface area contributed by atoms with Gasteiger partial charge >= 0.3 is 0 Å². The van der Waals surface area contributed by atoms with E-state index in [1.165, 1.54) is 25.7 Å². The number of hydrogen-bond acceptors (Lipinski definition) is 3. The van der Waals surface area contributed by atoms with E-state index < -0.39 is 0 Å². The number of fused-ring (bicyclic) bond motifs is 2. The van der Waals surface area contributed by atoms with Crippen LogP contribution in [0.25, 0.3) is 0 Å². The molecule has 2 heterocycles. The predicted molar refractivity (Wildman–Crippen MR) is 90.9 cm³/mol. The molecule has 4 rings (SSSR count). The maximum Gasteiger partial charge on any atom is 0.287 e. The molecule has 128 valence electrons. The topological polar surface area (TPSA) is 60.1 Å². The molecule has 2 fully saturated rings. The molecule has 0 aromatic carbocycles. The Morgan fingerprint density at radius 1 is 1.46 bits per heavy atom. The second-order valence-corrected chi connectivity index (χ2v) is 7.66. The molecule has 0 aliphatic heterocycles. The Balaban J connectivity index is 1.36. The van der Waals surface area contributed by atoms with Crippen molar-refractivity contribution in [2.45, 2.75) is 45.2 Å². The maximum absolute atomic E-state index is 12.4. The summed E-state index contributed by atoms with van der Waals surface area (Å²) in [4.78, 5) is 12.4. The summed E-state index contributed by atoms with van der Waals surface area (Å²) in [5, 5.41) is 7.82. The Kier molecular flexibility index (Phi) is 4.12. The number of carbonyl (C=O) groups is 1. The zero-order valence-electron chi connectivity index (χ0n) is 13.7. The van der Waals surface area contributed by atoms with Gasteiger partial charge in [0.2, 0.25) is 0 Å². The van der Waals surface area contributed by atoms with Crippen molar-refractivity contribution in [2.24, 2.45) is 17.8 Å². The molecule has 0 saturated heterocycles. The van der Waals surface area contributed by atoms with Crippen LogP contribution >= 0.6 is 11.6 Å². The molecular formula is C18H22ClN3O2. The number of nitrogens with one attached hydrogen (secondary N) is 1. The van der Waals surface area contributed by atoms with Crippen molar-refractivity contribution in [1.82, 2.24) is 15.1 Å². The van der Waals surface area contributed by atoms with Gasteiger partial charge in [0.05, 0.1) is 17.8 Å². The minimum absolute atomic E-state index is 0.130. The van der Waals surface area contributed by atoms with E-state index in [2.05, 4.69) is 17.3 Å². The van der Waals surface area contributed by atoms with Crippen molar-refractivity contribution >= 4 is 17.5 Å². The van der Waals surface area contributed by atoms with Crippen molar-refractivity contribution in [1.29, 1.82) is 0 Å². The summed E-state index contributed by atoms with van der Waals surface area (Å²) in [5.74, 6) is 3.21. The molecule has 2 saturated carbocycles. The fraction of sp³-hybridized carbons (Fsp3) is 0.556. The van der Waals surface area contributed by atoms with Gasteiger partial charge in [-0.3, -0.25) is 9.48 Å². The van der Waals surface area contributed by atoms with Crippen molar-refractivity contribution < 1.29 is 9.21 Å². The smallest absolute Gasteiger partial charge is 0.287 e. The van der Waals surface area contributed by atoms with Crippen LogP contribution in [0, 0.1) is 17.8 Å². The molecule has 1 N–H and O–H groups in total. The van der Waals surface area contributed by atoms with Crippen molar-refractivity contribution in [2.75, 3.05) is 0 Å². The lowest BCUT2D eigenvalue weighted by atomic mass is 9.84. The summed E-state index contributed by atoms with van der Waals surface area (Å²) in [6, 6.07) is 3.74. The highest BCUT2D eigenvalue weighted by molar-refractivity contribution is 6.30. The largest absolute Gasteiger partial charge is 0.454 e. The van der Waals surface area contributed by atoms with E-state index in [4.69, 9.17) is 16.0 Å². The second kappa shape index (κ2) is 6.28. The van der Waals surface area contributed by atoms with Gasteiger partial charge < -0.3 is 9.73 Å². The molecule has 2 aromatic heterocycles. The molecule has 5 nitrogen and oxygen atoms in total. The van der Waals surface area contributed by atoms with E-state index in [-0.39, 0.29) is 11.9 Å². The lowest BCUT2D eigenvalue weighted by Crippen LogP contribution is -2.40. The number of amides is 1. The van der Waals surface area contributed by atoms with Gasteiger partial charge in [0.15, 0.2) is 5.76 Å².